The van der Waals surface area contributed by atoms with E-state index in [9.17, 15) is 4.79 Å². The van der Waals surface area contributed by atoms with Crippen molar-refractivity contribution >= 4 is 17.5 Å². The van der Waals surface area contributed by atoms with Gasteiger partial charge < -0.3 is 10.6 Å². The quantitative estimate of drug-likeness (QED) is 0.868. The largest absolute Gasteiger partial charge is 0.350 e. The Balaban J connectivity index is 1.92. The van der Waals surface area contributed by atoms with Crippen LogP contribution in [0.1, 0.15) is 57.1 Å². The Labute approximate surface area is 132 Å². The van der Waals surface area contributed by atoms with Gasteiger partial charge in [0.1, 0.15) is 0 Å². The van der Waals surface area contributed by atoms with E-state index in [-0.39, 0.29) is 17.5 Å². The first kappa shape index (κ1) is 16.3. The molecule has 1 aliphatic carbocycles. The van der Waals surface area contributed by atoms with Crippen LogP contribution in [0, 0.1) is 0 Å². The molecule has 2 N–H and O–H groups in total. The van der Waals surface area contributed by atoms with E-state index in [1.165, 1.54) is 19.3 Å². The van der Waals surface area contributed by atoms with Gasteiger partial charge in [0.15, 0.2) is 0 Å². The summed E-state index contributed by atoms with van der Waals surface area (Å²) in [6.07, 6.45) is 6.44. The number of nitrogens with one attached hydrogen (secondary N) is 2. The van der Waals surface area contributed by atoms with Gasteiger partial charge in [0.2, 0.25) is 5.91 Å². The summed E-state index contributed by atoms with van der Waals surface area (Å²) in [5.41, 5.74) is 1.07. The van der Waals surface area contributed by atoms with E-state index in [0.29, 0.717) is 11.4 Å². The smallest absolute Gasteiger partial charge is 0.222 e. The minimum Gasteiger partial charge on any atom is -0.350 e. The highest BCUT2D eigenvalue weighted by Crippen LogP contribution is 2.31. The summed E-state index contributed by atoms with van der Waals surface area (Å²) in [4.78, 5) is 12.3. The molecule has 0 aromatic heterocycles. The summed E-state index contributed by atoms with van der Waals surface area (Å²) in [5, 5.41) is 7.21. The van der Waals surface area contributed by atoms with Gasteiger partial charge in [-0.25, -0.2) is 0 Å². The Morgan fingerprint density at radius 3 is 2.43 bits per heavy atom. The summed E-state index contributed by atoms with van der Waals surface area (Å²) in [7, 11) is 1.97. The average Bonchev–Trinajstić information content (AvgIpc) is 2.48. The number of hydrogen-bond donors (Lipinski definition) is 2. The van der Waals surface area contributed by atoms with E-state index < -0.39 is 0 Å². The zero-order valence-electron chi connectivity index (χ0n) is 12.9. The molecule has 0 aliphatic heterocycles. The molecule has 1 amide bonds. The van der Waals surface area contributed by atoms with Crippen LogP contribution in [0.5, 0.6) is 0 Å². The van der Waals surface area contributed by atoms with E-state index in [2.05, 4.69) is 10.6 Å². The van der Waals surface area contributed by atoms with Gasteiger partial charge in [0.25, 0.3) is 0 Å². The lowest BCUT2D eigenvalue weighted by molar-refractivity contribution is -0.123. The molecule has 1 aromatic rings. The molecule has 21 heavy (non-hydrogen) atoms. The van der Waals surface area contributed by atoms with Crippen LogP contribution >= 0.6 is 11.6 Å². The first-order chi connectivity index (χ1) is 10.0. The Hall–Kier alpha value is -1.06. The monoisotopic (exact) mass is 308 g/mol. The van der Waals surface area contributed by atoms with Crippen LogP contribution in [-0.4, -0.2) is 18.5 Å². The molecule has 116 valence electrons. The van der Waals surface area contributed by atoms with Crippen molar-refractivity contribution in [2.24, 2.45) is 0 Å². The molecule has 1 fully saturated rings. The second-order valence-corrected chi connectivity index (χ2v) is 6.54. The summed E-state index contributed by atoms with van der Waals surface area (Å²) in [6, 6.07) is 7.64. The molecule has 1 aromatic carbocycles. The lowest BCUT2D eigenvalue weighted by Gasteiger charge is -2.37. The van der Waals surface area contributed by atoms with Crippen molar-refractivity contribution in [3.8, 4) is 0 Å². The van der Waals surface area contributed by atoms with E-state index >= 15 is 0 Å². The van der Waals surface area contributed by atoms with Gasteiger partial charge >= 0.3 is 0 Å². The third kappa shape index (κ3) is 4.45. The second kappa shape index (κ2) is 7.28. The van der Waals surface area contributed by atoms with E-state index in [4.69, 9.17) is 11.6 Å². The Kier molecular flexibility index (Phi) is 5.65. The van der Waals surface area contributed by atoms with Crippen molar-refractivity contribution < 1.29 is 4.79 Å². The summed E-state index contributed by atoms with van der Waals surface area (Å²) in [5.74, 6) is 0.119. The molecule has 1 saturated carbocycles. The van der Waals surface area contributed by atoms with E-state index in [0.717, 1.165) is 18.4 Å². The molecule has 0 unspecified atom stereocenters. The van der Waals surface area contributed by atoms with Gasteiger partial charge in [-0.3, -0.25) is 4.79 Å². The number of rotatable bonds is 5. The maximum atomic E-state index is 12.3. The molecule has 1 aliphatic rings. The second-order valence-electron chi connectivity index (χ2n) is 6.11. The molecule has 0 spiro atoms. The Morgan fingerprint density at radius 2 is 1.86 bits per heavy atom. The Morgan fingerprint density at radius 1 is 1.24 bits per heavy atom. The SMILES string of the molecule is CNC1(CC(=O)N[C@@H](C)c2ccc(Cl)cc2)CCCCC1. The van der Waals surface area contributed by atoms with Crippen molar-refractivity contribution in [2.45, 2.75) is 57.0 Å². The normalized spacial score (nSPS) is 19.0. The zero-order chi connectivity index (χ0) is 15.3. The first-order valence-corrected chi connectivity index (χ1v) is 8.16. The summed E-state index contributed by atoms with van der Waals surface area (Å²) < 4.78 is 0. The number of carbonyl (C=O) groups is 1. The van der Waals surface area contributed by atoms with Crippen LogP contribution in [0.2, 0.25) is 5.02 Å². The number of halogens is 1. The lowest BCUT2D eigenvalue weighted by atomic mass is 9.79. The molecule has 0 radical (unpaired) electrons. The van der Waals surface area contributed by atoms with Crippen LogP contribution in [0.4, 0.5) is 0 Å². The van der Waals surface area contributed by atoms with Crippen molar-refractivity contribution in [3.05, 3.63) is 34.9 Å². The third-order valence-corrected chi connectivity index (χ3v) is 4.84. The molecule has 4 heteroatoms. The maximum Gasteiger partial charge on any atom is 0.222 e. The highest BCUT2D eigenvalue weighted by Gasteiger charge is 2.32. The number of hydrogen-bond acceptors (Lipinski definition) is 2. The minimum atomic E-state index is -0.0119. The molecule has 0 bridgehead atoms. The van der Waals surface area contributed by atoms with Crippen LogP contribution in [-0.2, 0) is 4.79 Å². The van der Waals surface area contributed by atoms with Gasteiger partial charge in [-0.2, -0.15) is 0 Å². The zero-order valence-corrected chi connectivity index (χ0v) is 13.7. The van der Waals surface area contributed by atoms with Gasteiger partial charge in [-0.1, -0.05) is 43.0 Å². The van der Waals surface area contributed by atoms with Gasteiger partial charge in [0.05, 0.1) is 6.04 Å². The van der Waals surface area contributed by atoms with E-state index in [1.807, 2.05) is 38.2 Å². The van der Waals surface area contributed by atoms with Crippen LogP contribution in [0.15, 0.2) is 24.3 Å². The third-order valence-electron chi connectivity index (χ3n) is 4.59. The molecule has 0 heterocycles. The minimum absolute atomic E-state index is 0.00673. The lowest BCUT2D eigenvalue weighted by Crippen LogP contribution is -2.48. The van der Waals surface area contributed by atoms with Crippen molar-refractivity contribution in [2.75, 3.05) is 7.05 Å². The molecule has 2 rings (SSSR count). The van der Waals surface area contributed by atoms with Gasteiger partial charge in [-0.05, 0) is 44.5 Å². The maximum absolute atomic E-state index is 12.3. The van der Waals surface area contributed by atoms with Gasteiger partial charge in [0, 0.05) is 17.0 Å². The highest BCUT2D eigenvalue weighted by molar-refractivity contribution is 6.30. The van der Waals surface area contributed by atoms with Crippen LogP contribution in [0.25, 0.3) is 0 Å². The fraction of sp³-hybridized carbons (Fsp3) is 0.588. The van der Waals surface area contributed by atoms with Crippen molar-refractivity contribution in [1.82, 2.24) is 10.6 Å². The predicted molar refractivity (Wildman–Crippen MR) is 87.5 cm³/mol. The summed E-state index contributed by atoms with van der Waals surface area (Å²) >= 11 is 5.89. The van der Waals surface area contributed by atoms with Crippen molar-refractivity contribution in [3.63, 3.8) is 0 Å². The Bertz CT molecular complexity index is 466. The molecule has 0 saturated heterocycles. The van der Waals surface area contributed by atoms with Crippen molar-refractivity contribution in [1.29, 1.82) is 0 Å². The standard InChI is InChI=1S/C17H25ClN2O/c1-13(14-6-8-15(18)9-7-14)20-16(21)12-17(19-2)10-4-3-5-11-17/h6-9,13,19H,3-5,10-12H2,1-2H3,(H,20,21)/t13-/m0/s1. The molecule has 1 atom stereocenters. The average molecular weight is 309 g/mol. The van der Waals surface area contributed by atoms with Gasteiger partial charge in [-0.15, -0.1) is 0 Å². The molecule has 3 nitrogen and oxygen atoms in total. The number of carbonyl (C=O) groups excluding carboxylic acids is 1. The molecular weight excluding hydrogens is 284 g/mol. The fourth-order valence-electron chi connectivity index (χ4n) is 3.18. The first-order valence-electron chi connectivity index (χ1n) is 7.78. The summed E-state index contributed by atoms with van der Waals surface area (Å²) in [6.45, 7) is 2.01. The van der Waals surface area contributed by atoms with Crippen LogP contribution in [0.3, 0.4) is 0 Å². The fourth-order valence-corrected chi connectivity index (χ4v) is 3.30. The number of amides is 1. The highest BCUT2D eigenvalue weighted by atomic mass is 35.5. The van der Waals surface area contributed by atoms with Crippen LogP contribution < -0.4 is 10.6 Å². The van der Waals surface area contributed by atoms with E-state index in [1.54, 1.807) is 0 Å². The number of benzene rings is 1. The molecular formula is C17H25ClN2O. The predicted octanol–water partition coefficient (Wildman–Crippen LogP) is 3.83. The topological polar surface area (TPSA) is 41.1 Å².